The molecule has 1 unspecified atom stereocenters. The van der Waals surface area contributed by atoms with Gasteiger partial charge in [0.15, 0.2) is 0 Å². The molecule has 3 heterocycles. The third-order valence-corrected chi connectivity index (χ3v) is 5.37. The molecule has 2 aromatic heterocycles. The molecular weight excluding hydrogens is 383 g/mol. The Bertz CT molecular complexity index is 1000. The number of hydrogen-bond acceptors (Lipinski definition) is 5. The lowest BCUT2D eigenvalue weighted by Gasteiger charge is -2.30. The number of halogens is 2. The Morgan fingerprint density at radius 2 is 1.63 bits per heavy atom. The van der Waals surface area contributed by atoms with Crippen molar-refractivity contribution in [2.45, 2.75) is 32.4 Å². The molecule has 1 aliphatic rings. The zero-order chi connectivity index (χ0) is 19.3. The quantitative estimate of drug-likeness (QED) is 0.619. The van der Waals surface area contributed by atoms with Crippen LogP contribution in [0.5, 0.6) is 0 Å². The average molecular weight is 401 g/mol. The van der Waals surface area contributed by atoms with Gasteiger partial charge in [0.05, 0.1) is 0 Å². The van der Waals surface area contributed by atoms with E-state index in [0.29, 0.717) is 5.69 Å². The van der Waals surface area contributed by atoms with Gasteiger partial charge in [0, 0.05) is 34.7 Å². The number of aliphatic hydroxyl groups excluding tert-OH is 1. The lowest BCUT2D eigenvalue weighted by molar-refractivity contribution is 0.119. The number of fused-ring (bicyclic) bond motifs is 1. The third kappa shape index (κ3) is 3.06. The Balaban J connectivity index is 1.88. The Morgan fingerprint density at radius 3 is 2.26 bits per heavy atom. The number of hydrogen-bond donors (Lipinski definition) is 1. The van der Waals surface area contributed by atoms with Crippen LogP contribution < -0.4 is 4.90 Å². The smallest absolute Gasteiger partial charge is 0.140 e. The molecule has 0 saturated carbocycles. The second kappa shape index (κ2) is 6.44. The summed E-state index contributed by atoms with van der Waals surface area (Å²) in [6.45, 7) is 5.87. The van der Waals surface area contributed by atoms with Crippen molar-refractivity contribution in [1.82, 2.24) is 15.0 Å². The summed E-state index contributed by atoms with van der Waals surface area (Å²) >= 11 is 12.2. The molecule has 0 spiro atoms. The molecule has 0 aliphatic carbocycles. The van der Waals surface area contributed by atoms with E-state index in [1.807, 2.05) is 43.9 Å². The molecule has 3 aromatic rings. The number of rotatable bonds is 2. The Labute approximate surface area is 167 Å². The standard InChI is InChI=1S/C20H18Cl2N4O/c1-11-23-9-13(10-24-11)12-4-5-15-16(6-12)26(19(27)20(15,2)3)14-7-17(21)25-18(22)8-14/h4-10,19,27H,1-3H3. The maximum absolute atomic E-state index is 11.1. The van der Waals surface area contributed by atoms with Crippen LogP contribution in [0.1, 0.15) is 25.2 Å². The minimum absolute atomic E-state index is 0.277. The second-order valence-electron chi connectivity index (χ2n) is 7.19. The molecule has 0 bridgehead atoms. The normalized spacial score (nSPS) is 17.9. The zero-order valence-electron chi connectivity index (χ0n) is 15.1. The number of aliphatic hydroxyl groups is 1. The van der Waals surface area contributed by atoms with Gasteiger partial charge in [0.2, 0.25) is 0 Å². The van der Waals surface area contributed by atoms with E-state index >= 15 is 0 Å². The molecule has 27 heavy (non-hydrogen) atoms. The molecule has 1 aromatic carbocycles. The molecule has 0 fully saturated rings. The van der Waals surface area contributed by atoms with Crippen molar-refractivity contribution < 1.29 is 5.11 Å². The van der Waals surface area contributed by atoms with E-state index < -0.39 is 11.6 Å². The van der Waals surface area contributed by atoms with E-state index in [4.69, 9.17) is 23.2 Å². The van der Waals surface area contributed by atoms with Crippen LogP contribution in [0.3, 0.4) is 0 Å². The summed E-state index contributed by atoms with van der Waals surface area (Å²) in [5, 5.41) is 11.6. The molecule has 1 aliphatic heterocycles. The van der Waals surface area contributed by atoms with Crippen molar-refractivity contribution in [2.75, 3.05) is 4.90 Å². The fourth-order valence-electron chi connectivity index (χ4n) is 3.46. The first-order chi connectivity index (χ1) is 12.8. The highest BCUT2D eigenvalue weighted by molar-refractivity contribution is 6.32. The van der Waals surface area contributed by atoms with E-state index in [2.05, 4.69) is 15.0 Å². The van der Waals surface area contributed by atoms with Gasteiger partial charge in [-0.25, -0.2) is 15.0 Å². The van der Waals surface area contributed by atoms with Crippen molar-refractivity contribution >= 4 is 34.6 Å². The molecule has 1 N–H and O–H groups in total. The largest absolute Gasteiger partial charge is 0.372 e. The Hall–Kier alpha value is -2.21. The summed E-state index contributed by atoms with van der Waals surface area (Å²) in [5.41, 5.74) is 4.03. The van der Waals surface area contributed by atoms with Gasteiger partial charge in [-0.3, -0.25) is 0 Å². The predicted octanol–water partition coefficient (Wildman–Crippen LogP) is 4.90. The molecule has 138 valence electrons. The predicted molar refractivity (Wildman–Crippen MR) is 108 cm³/mol. The summed E-state index contributed by atoms with van der Waals surface area (Å²) in [6.07, 6.45) is 2.82. The minimum Gasteiger partial charge on any atom is -0.372 e. The molecule has 5 nitrogen and oxygen atoms in total. The minimum atomic E-state index is -0.772. The van der Waals surface area contributed by atoms with Crippen LogP contribution in [0.2, 0.25) is 10.3 Å². The molecule has 0 radical (unpaired) electrons. The first-order valence-corrected chi connectivity index (χ1v) is 9.27. The highest BCUT2D eigenvalue weighted by atomic mass is 35.5. The van der Waals surface area contributed by atoms with Crippen LogP contribution >= 0.6 is 23.2 Å². The second-order valence-corrected chi connectivity index (χ2v) is 7.96. The summed E-state index contributed by atoms with van der Waals surface area (Å²) in [4.78, 5) is 14.4. The topological polar surface area (TPSA) is 62.1 Å². The van der Waals surface area contributed by atoms with Gasteiger partial charge in [0.1, 0.15) is 22.4 Å². The molecular formula is C20H18Cl2N4O. The highest BCUT2D eigenvalue weighted by Gasteiger charge is 2.44. The lowest BCUT2D eigenvalue weighted by atomic mass is 9.85. The van der Waals surface area contributed by atoms with Crippen LogP contribution in [0, 0.1) is 6.92 Å². The number of benzene rings is 1. The summed E-state index contributed by atoms with van der Waals surface area (Å²) in [6, 6.07) is 9.49. The van der Waals surface area contributed by atoms with Crippen molar-refractivity contribution in [3.63, 3.8) is 0 Å². The number of anilines is 2. The maximum atomic E-state index is 11.1. The van der Waals surface area contributed by atoms with Gasteiger partial charge in [-0.15, -0.1) is 0 Å². The monoisotopic (exact) mass is 400 g/mol. The third-order valence-electron chi connectivity index (χ3n) is 4.98. The van der Waals surface area contributed by atoms with Crippen molar-refractivity contribution in [3.05, 3.63) is 64.4 Å². The number of aryl methyl sites for hydroxylation is 1. The lowest BCUT2D eigenvalue weighted by Crippen LogP contribution is -2.38. The SMILES string of the molecule is Cc1ncc(-c2ccc3c(c2)N(c2cc(Cl)nc(Cl)c2)C(O)C3(C)C)cn1. The molecule has 1 atom stereocenters. The van der Waals surface area contributed by atoms with Crippen LogP contribution in [0.4, 0.5) is 11.4 Å². The van der Waals surface area contributed by atoms with Gasteiger partial charge in [-0.1, -0.05) is 49.2 Å². The van der Waals surface area contributed by atoms with Crippen molar-refractivity contribution in [1.29, 1.82) is 0 Å². The van der Waals surface area contributed by atoms with Crippen LogP contribution in [0.15, 0.2) is 42.7 Å². The average Bonchev–Trinajstić information content (AvgIpc) is 2.81. The fourth-order valence-corrected chi connectivity index (χ4v) is 3.91. The van der Waals surface area contributed by atoms with E-state index in [1.54, 1.807) is 24.5 Å². The number of nitrogens with zero attached hydrogens (tertiary/aromatic N) is 4. The zero-order valence-corrected chi connectivity index (χ0v) is 16.6. The van der Waals surface area contributed by atoms with Crippen LogP contribution in [-0.4, -0.2) is 26.3 Å². The molecule has 0 amide bonds. The number of aromatic nitrogens is 3. The molecule has 0 saturated heterocycles. The van der Waals surface area contributed by atoms with Crippen LogP contribution in [-0.2, 0) is 5.41 Å². The Morgan fingerprint density at radius 1 is 1.00 bits per heavy atom. The molecule has 4 rings (SSSR count). The molecule has 7 heteroatoms. The van der Waals surface area contributed by atoms with Gasteiger partial charge in [0.25, 0.3) is 0 Å². The van der Waals surface area contributed by atoms with E-state index in [-0.39, 0.29) is 10.3 Å². The van der Waals surface area contributed by atoms with E-state index in [9.17, 15) is 5.11 Å². The van der Waals surface area contributed by atoms with Gasteiger partial charge in [-0.05, 0) is 36.2 Å². The van der Waals surface area contributed by atoms with E-state index in [0.717, 1.165) is 28.2 Å². The number of pyridine rings is 1. The summed E-state index contributed by atoms with van der Waals surface area (Å²) in [5.74, 6) is 0.721. The van der Waals surface area contributed by atoms with Gasteiger partial charge >= 0.3 is 0 Å². The summed E-state index contributed by atoms with van der Waals surface area (Å²) < 4.78 is 0. The fraction of sp³-hybridized carbons (Fsp3) is 0.250. The first kappa shape index (κ1) is 18.2. The van der Waals surface area contributed by atoms with Crippen molar-refractivity contribution in [2.24, 2.45) is 0 Å². The first-order valence-electron chi connectivity index (χ1n) is 8.51. The highest BCUT2D eigenvalue weighted by Crippen LogP contribution is 2.49. The van der Waals surface area contributed by atoms with Gasteiger partial charge in [-0.2, -0.15) is 0 Å². The maximum Gasteiger partial charge on any atom is 0.140 e. The van der Waals surface area contributed by atoms with Crippen molar-refractivity contribution in [3.8, 4) is 11.1 Å². The summed E-state index contributed by atoms with van der Waals surface area (Å²) in [7, 11) is 0. The Kier molecular flexibility index (Phi) is 4.34. The van der Waals surface area contributed by atoms with Gasteiger partial charge < -0.3 is 10.0 Å². The van der Waals surface area contributed by atoms with Crippen LogP contribution in [0.25, 0.3) is 11.1 Å². The van der Waals surface area contributed by atoms with E-state index in [1.165, 1.54) is 0 Å².